The average molecular weight is 546 g/mol. The van der Waals surface area contributed by atoms with E-state index in [-0.39, 0.29) is 53.4 Å². The molecule has 0 saturated carbocycles. The van der Waals surface area contributed by atoms with Gasteiger partial charge in [0.1, 0.15) is 35.4 Å². The third kappa shape index (κ3) is 5.20. The van der Waals surface area contributed by atoms with Crippen LogP contribution in [0.15, 0.2) is 54.9 Å². The number of nitriles is 1. The van der Waals surface area contributed by atoms with E-state index < -0.39 is 17.6 Å². The molecule has 3 heterocycles. The number of aromatic nitrogens is 3. The van der Waals surface area contributed by atoms with Gasteiger partial charge in [-0.15, -0.1) is 0 Å². The van der Waals surface area contributed by atoms with Gasteiger partial charge in [0.05, 0.1) is 22.5 Å². The molecule has 4 aromatic rings. The molecule has 2 aromatic carbocycles. The van der Waals surface area contributed by atoms with Crippen LogP contribution in [0.25, 0.3) is 22.0 Å². The number of rotatable bonds is 6. The fraction of sp³-hybridized carbons (Fsp3) is 0.222. The lowest BCUT2D eigenvalue weighted by Gasteiger charge is -2.39. The Hall–Kier alpha value is -4.31. The van der Waals surface area contributed by atoms with E-state index in [0.717, 1.165) is 4.90 Å². The Morgan fingerprint density at radius 3 is 2.77 bits per heavy atom. The Morgan fingerprint density at radius 2 is 2.03 bits per heavy atom. The Labute approximate surface area is 227 Å². The zero-order valence-corrected chi connectivity index (χ0v) is 21.5. The number of halogens is 1. The lowest BCUT2D eigenvalue weighted by atomic mass is 9.92. The number of carbonyl (C=O) groups excluding carboxylic acids is 1. The van der Waals surface area contributed by atoms with Crippen LogP contribution in [-0.4, -0.2) is 66.5 Å². The summed E-state index contributed by atoms with van der Waals surface area (Å²) in [6, 6.07) is 15.0. The summed E-state index contributed by atoms with van der Waals surface area (Å²) in [6.45, 7) is 0.370. The fourth-order valence-electron chi connectivity index (χ4n) is 4.57. The van der Waals surface area contributed by atoms with E-state index in [9.17, 15) is 24.7 Å². The number of carbonyl (C=O) groups is 1. The minimum atomic E-state index is -2.36. The molecule has 1 aliphatic rings. The molecule has 2 aromatic heterocycles. The summed E-state index contributed by atoms with van der Waals surface area (Å²) in [4.78, 5) is 27.8. The summed E-state index contributed by atoms with van der Waals surface area (Å²) in [7, 11) is 0. The van der Waals surface area contributed by atoms with Gasteiger partial charge in [-0.25, -0.2) is 14.4 Å². The van der Waals surface area contributed by atoms with Crippen LogP contribution in [0.5, 0.6) is 0 Å². The van der Waals surface area contributed by atoms with Crippen LogP contribution in [0.4, 0.5) is 16.0 Å². The largest absolute Gasteiger partial charge is 0.382 e. The number of aliphatic hydroxyl groups is 2. The van der Waals surface area contributed by atoms with Gasteiger partial charge < -0.3 is 21.3 Å². The van der Waals surface area contributed by atoms with Gasteiger partial charge in [-0.3, -0.25) is 14.7 Å². The lowest BCUT2D eigenvalue weighted by Crippen LogP contribution is -2.57. The first-order valence-electron chi connectivity index (χ1n) is 12.1. The molecule has 5 rings (SSSR count). The molecule has 0 spiro atoms. The van der Waals surface area contributed by atoms with Gasteiger partial charge in [-0.2, -0.15) is 17.0 Å². The van der Waals surface area contributed by atoms with Crippen molar-refractivity contribution in [2.24, 2.45) is 0 Å². The van der Waals surface area contributed by atoms with Gasteiger partial charge >= 0.3 is 0 Å². The maximum atomic E-state index is 14.5. The first kappa shape index (κ1) is 26.3. The molecule has 0 bridgehead atoms. The zero-order valence-electron chi connectivity index (χ0n) is 20.6. The van der Waals surface area contributed by atoms with Crippen molar-refractivity contribution in [3.05, 3.63) is 77.5 Å². The van der Waals surface area contributed by atoms with Crippen LogP contribution in [0, 0.1) is 17.1 Å². The SMILES string of the molecule is N#Cc1c(N)ncnc1NCCc1nc2ccc(F)cc2c(C(=O)N2CCSCC2(O)O)c1-c1ccccc1. The summed E-state index contributed by atoms with van der Waals surface area (Å²) < 4.78 is 14.5. The van der Waals surface area contributed by atoms with Crippen LogP contribution in [0.3, 0.4) is 0 Å². The second kappa shape index (κ2) is 10.8. The summed E-state index contributed by atoms with van der Waals surface area (Å²) in [5.41, 5.74) is 8.05. The minimum absolute atomic E-state index is 0.0508. The number of fused-ring (bicyclic) bond motifs is 1. The van der Waals surface area contributed by atoms with Crippen LogP contribution in [0.2, 0.25) is 0 Å². The zero-order chi connectivity index (χ0) is 27.6. The molecule has 10 nitrogen and oxygen atoms in total. The highest BCUT2D eigenvalue weighted by atomic mass is 32.2. The summed E-state index contributed by atoms with van der Waals surface area (Å²) in [5, 5.41) is 34.1. The topological polar surface area (TPSA) is 161 Å². The number of nitrogens with one attached hydrogen (secondary N) is 1. The molecule has 1 aliphatic heterocycles. The maximum absolute atomic E-state index is 14.5. The smallest absolute Gasteiger partial charge is 0.259 e. The minimum Gasteiger partial charge on any atom is -0.382 e. The Balaban J connectivity index is 1.65. The number of pyridine rings is 1. The van der Waals surface area contributed by atoms with Crippen molar-refractivity contribution in [2.75, 3.05) is 35.6 Å². The molecule has 0 aliphatic carbocycles. The summed E-state index contributed by atoms with van der Waals surface area (Å²) >= 11 is 1.32. The van der Waals surface area contributed by atoms with Gasteiger partial charge in [0.25, 0.3) is 11.8 Å². The monoisotopic (exact) mass is 545 g/mol. The molecule has 39 heavy (non-hydrogen) atoms. The van der Waals surface area contributed by atoms with Crippen molar-refractivity contribution in [3.8, 4) is 17.2 Å². The molecule has 1 amide bonds. The third-order valence-electron chi connectivity index (χ3n) is 6.37. The van der Waals surface area contributed by atoms with Gasteiger partial charge in [-0.1, -0.05) is 30.3 Å². The van der Waals surface area contributed by atoms with Crippen LogP contribution >= 0.6 is 11.8 Å². The Morgan fingerprint density at radius 1 is 1.23 bits per heavy atom. The van der Waals surface area contributed by atoms with Gasteiger partial charge in [0.2, 0.25) is 0 Å². The fourth-order valence-corrected chi connectivity index (χ4v) is 5.45. The average Bonchev–Trinajstić information content (AvgIpc) is 2.92. The number of anilines is 2. The van der Waals surface area contributed by atoms with E-state index in [2.05, 4.69) is 15.3 Å². The van der Waals surface area contributed by atoms with Crippen molar-refractivity contribution in [1.82, 2.24) is 19.9 Å². The van der Waals surface area contributed by atoms with Crippen LogP contribution in [-0.2, 0) is 6.42 Å². The van der Waals surface area contributed by atoms with E-state index in [1.807, 2.05) is 36.4 Å². The lowest BCUT2D eigenvalue weighted by molar-refractivity contribution is -0.227. The summed E-state index contributed by atoms with van der Waals surface area (Å²) in [6.07, 6.45) is 1.53. The van der Waals surface area contributed by atoms with Gasteiger partial charge in [-0.05, 0) is 23.8 Å². The molecule has 1 fully saturated rings. The van der Waals surface area contributed by atoms with Gasteiger partial charge in [0, 0.05) is 36.2 Å². The number of nitrogen functional groups attached to an aromatic ring is 1. The maximum Gasteiger partial charge on any atom is 0.259 e. The third-order valence-corrected chi connectivity index (χ3v) is 7.44. The molecule has 0 radical (unpaired) electrons. The molecule has 198 valence electrons. The number of amides is 1. The predicted octanol–water partition coefficient (Wildman–Crippen LogP) is 2.77. The number of thioether (sulfide) groups is 1. The molecule has 1 saturated heterocycles. The van der Waals surface area contributed by atoms with E-state index >= 15 is 0 Å². The second-order valence-electron chi connectivity index (χ2n) is 8.89. The normalized spacial score (nSPS) is 14.7. The number of hydrogen-bond acceptors (Lipinski definition) is 10. The van der Waals surface area contributed by atoms with E-state index in [1.54, 1.807) is 0 Å². The molecule has 5 N–H and O–H groups in total. The highest BCUT2D eigenvalue weighted by Crippen LogP contribution is 2.36. The second-order valence-corrected chi connectivity index (χ2v) is 10.00. The number of benzene rings is 2. The quantitative estimate of drug-likeness (QED) is 0.265. The molecule has 0 atom stereocenters. The standard InChI is InChI=1S/C27H24FN7O3S/c28-17-6-7-20-18(12-17)23(26(36)35-10-11-39-14-27(35,37)38)22(16-4-2-1-3-5-16)21(34-20)8-9-31-25-19(13-29)24(30)32-15-33-25/h1-7,12,15,37-38H,8-11,14H2,(H3,30,31,32,33). The van der Waals surface area contributed by atoms with Crippen molar-refractivity contribution < 1.29 is 19.4 Å². The first-order chi connectivity index (χ1) is 18.8. The first-order valence-corrected chi connectivity index (χ1v) is 13.2. The van der Waals surface area contributed by atoms with Crippen molar-refractivity contribution in [1.29, 1.82) is 5.26 Å². The number of nitrogens with two attached hydrogens (primary N) is 1. The highest BCUT2D eigenvalue weighted by Gasteiger charge is 2.40. The molecular formula is C27H24FN7O3S. The molecule has 0 unspecified atom stereocenters. The Bertz CT molecular complexity index is 1590. The van der Waals surface area contributed by atoms with E-state index in [1.165, 1.54) is 36.3 Å². The van der Waals surface area contributed by atoms with Crippen LogP contribution < -0.4 is 11.1 Å². The number of nitrogens with zero attached hydrogens (tertiary/aromatic N) is 5. The highest BCUT2D eigenvalue weighted by molar-refractivity contribution is 7.99. The van der Waals surface area contributed by atoms with Crippen LogP contribution in [0.1, 0.15) is 21.6 Å². The van der Waals surface area contributed by atoms with E-state index in [4.69, 9.17) is 10.7 Å². The molecular weight excluding hydrogens is 521 g/mol. The Kier molecular flexibility index (Phi) is 7.30. The van der Waals surface area contributed by atoms with Crippen molar-refractivity contribution in [2.45, 2.75) is 12.3 Å². The summed E-state index contributed by atoms with van der Waals surface area (Å²) in [5.74, 6) is -2.79. The molecule has 12 heteroatoms. The van der Waals surface area contributed by atoms with Crippen molar-refractivity contribution >= 4 is 40.2 Å². The van der Waals surface area contributed by atoms with Gasteiger partial charge in [0.15, 0.2) is 0 Å². The number of hydrogen-bond donors (Lipinski definition) is 4. The predicted molar refractivity (Wildman–Crippen MR) is 146 cm³/mol. The van der Waals surface area contributed by atoms with E-state index in [0.29, 0.717) is 28.1 Å². The van der Waals surface area contributed by atoms with Crippen molar-refractivity contribution in [3.63, 3.8) is 0 Å².